The summed E-state index contributed by atoms with van der Waals surface area (Å²) in [6, 6.07) is 22.6. The van der Waals surface area contributed by atoms with Crippen LogP contribution in [0.4, 0.5) is 0 Å². The van der Waals surface area contributed by atoms with Crippen molar-refractivity contribution < 1.29 is 14.3 Å². The Hall–Kier alpha value is -3.31. The summed E-state index contributed by atoms with van der Waals surface area (Å²) in [4.78, 5) is 11.9. The van der Waals surface area contributed by atoms with E-state index in [0.717, 1.165) is 28.9 Å². The van der Waals surface area contributed by atoms with Gasteiger partial charge in [-0.2, -0.15) is 5.10 Å². The first-order chi connectivity index (χ1) is 14.7. The van der Waals surface area contributed by atoms with Crippen LogP contribution >= 0.6 is 11.6 Å². The number of nitrogens with one attached hydrogen (secondary N) is 1. The lowest BCUT2D eigenvalue weighted by atomic mass is 10.1. The van der Waals surface area contributed by atoms with Crippen LogP contribution in [-0.2, 0) is 17.8 Å². The van der Waals surface area contributed by atoms with Gasteiger partial charge in [-0.05, 0) is 53.9 Å². The fourth-order valence-corrected chi connectivity index (χ4v) is 2.91. The van der Waals surface area contributed by atoms with E-state index in [-0.39, 0.29) is 12.5 Å². The van der Waals surface area contributed by atoms with Crippen LogP contribution in [-0.4, -0.2) is 18.7 Å². The highest BCUT2D eigenvalue weighted by Gasteiger charge is 2.05. The third-order valence-corrected chi connectivity index (χ3v) is 4.72. The summed E-state index contributed by atoms with van der Waals surface area (Å²) in [5, 5.41) is 4.65. The number of nitrogens with zero attached hydrogens (tertiary/aromatic N) is 1. The molecule has 1 amide bonds. The maximum atomic E-state index is 11.9. The minimum Gasteiger partial charge on any atom is -0.489 e. The summed E-state index contributed by atoms with van der Waals surface area (Å²) in [5.74, 6) is 1.11. The Balaban J connectivity index is 1.44. The van der Waals surface area contributed by atoms with Crippen LogP contribution in [0.3, 0.4) is 0 Å². The van der Waals surface area contributed by atoms with Crippen molar-refractivity contribution in [2.45, 2.75) is 20.0 Å². The summed E-state index contributed by atoms with van der Waals surface area (Å²) < 4.78 is 11.3. The Kier molecular flexibility index (Phi) is 7.86. The summed E-state index contributed by atoms with van der Waals surface area (Å²) in [5.41, 5.74) is 5.29. The number of benzene rings is 3. The van der Waals surface area contributed by atoms with E-state index in [2.05, 4.69) is 10.5 Å². The maximum absolute atomic E-state index is 11.9. The van der Waals surface area contributed by atoms with Gasteiger partial charge in [0.1, 0.15) is 18.1 Å². The zero-order valence-electron chi connectivity index (χ0n) is 16.7. The fraction of sp³-hybridized carbons (Fsp3) is 0.167. The number of ether oxygens (including phenoxy) is 2. The number of carbonyl (C=O) groups is 1. The number of hydrazone groups is 1. The zero-order chi connectivity index (χ0) is 21.2. The van der Waals surface area contributed by atoms with Crippen molar-refractivity contribution in [3.8, 4) is 11.5 Å². The van der Waals surface area contributed by atoms with Crippen molar-refractivity contribution in [1.29, 1.82) is 0 Å². The minimum atomic E-state index is -0.322. The molecule has 0 saturated carbocycles. The lowest BCUT2D eigenvalue weighted by Crippen LogP contribution is -2.24. The van der Waals surface area contributed by atoms with E-state index in [4.69, 9.17) is 21.1 Å². The molecule has 0 aliphatic carbocycles. The highest BCUT2D eigenvalue weighted by atomic mass is 35.5. The molecule has 3 aromatic carbocycles. The molecule has 0 unspecified atom stereocenters. The third-order valence-electron chi connectivity index (χ3n) is 4.35. The van der Waals surface area contributed by atoms with E-state index in [1.807, 2.05) is 79.7 Å². The minimum absolute atomic E-state index is 0.0941. The Labute approximate surface area is 181 Å². The second-order valence-electron chi connectivity index (χ2n) is 6.49. The summed E-state index contributed by atoms with van der Waals surface area (Å²) in [6.45, 7) is 2.34. The molecular formula is C24H23ClN2O3. The molecule has 0 heterocycles. The Bertz CT molecular complexity index is 1000. The fourth-order valence-electron chi connectivity index (χ4n) is 2.72. The average molecular weight is 423 g/mol. The molecule has 6 heteroatoms. The SMILES string of the molecule is CCc1ccccc1OCC(=O)N/N=C/c1ccc(OCc2ccccc2Cl)cc1. The molecule has 0 aliphatic heterocycles. The van der Waals surface area contributed by atoms with Crippen molar-refractivity contribution >= 4 is 23.7 Å². The van der Waals surface area contributed by atoms with Crippen molar-refractivity contribution in [1.82, 2.24) is 5.43 Å². The van der Waals surface area contributed by atoms with Gasteiger partial charge in [-0.1, -0.05) is 54.9 Å². The molecule has 0 aromatic heterocycles. The lowest BCUT2D eigenvalue weighted by molar-refractivity contribution is -0.123. The van der Waals surface area contributed by atoms with Crippen LogP contribution in [0.15, 0.2) is 77.9 Å². The Morgan fingerprint density at radius 2 is 1.67 bits per heavy atom. The monoisotopic (exact) mass is 422 g/mol. The molecule has 0 fully saturated rings. The Morgan fingerprint density at radius 1 is 0.967 bits per heavy atom. The van der Waals surface area contributed by atoms with Crippen molar-refractivity contribution in [2.75, 3.05) is 6.61 Å². The van der Waals surface area contributed by atoms with Gasteiger partial charge >= 0.3 is 0 Å². The zero-order valence-corrected chi connectivity index (χ0v) is 17.4. The predicted molar refractivity (Wildman–Crippen MR) is 119 cm³/mol. The summed E-state index contributed by atoms with van der Waals surface area (Å²) in [7, 11) is 0. The molecule has 0 spiro atoms. The molecule has 0 aliphatic rings. The number of amides is 1. The van der Waals surface area contributed by atoms with Gasteiger partial charge in [0, 0.05) is 10.6 Å². The van der Waals surface area contributed by atoms with Crippen molar-refractivity contribution in [3.63, 3.8) is 0 Å². The number of aryl methyl sites for hydroxylation is 1. The molecule has 0 atom stereocenters. The first kappa shape index (κ1) is 21.4. The molecular weight excluding hydrogens is 400 g/mol. The second-order valence-corrected chi connectivity index (χ2v) is 6.90. The predicted octanol–water partition coefficient (Wildman–Crippen LogP) is 5.01. The van der Waals surface area contributed by atoms with Crippen molar-refractivity contribution in [3.05, 3.63) is 94.5 Å². The molecule has 5 nitrogen and oxygen atoms in total. The van der Waals surface area contributed by atoms with Gasteiger partial charge in [-0.25, -0.2) is 5.43 Å². The molecule has 154 valence electrons. The summed E-state index contributed by atoms with van der Waals surface area (Å²) >= 11 is 6.13. The highest BCUT2D eigenvalue weighted by molar-refractivity contribution is 6.31. The summed E-state index contributed by atoms with van der Waals surface area (Å²) in [6.07, 6.45) is 2.41. The van der Waals surface area contributed by atoms with Crippen LogP contribution in [0.2, 0.25) is 5.02 Å². The topological polar surface area (TPSA) is 59.9 Å². The standard InChI is InChI=1S/C24H23ClN2O3/c1-2-19-7-4-6-10-23(19)30-17-24(28)27-26-15-18-11-13-21(14-12-18)29-16-20-8-3-5-9-22(20)25/h3-15H,2,16-17H2,1H3,(H,27,28)/b26-15+. The first-order valence-corrected chi connectivity index (χ1v) is 10.0. The normalized spacial score (nSPS) is 10.7. The van der Waals surface area contributed by atoms with E-state index < -0.39 is 0 Å². The van der Waals surface area contributed by atoms with Crippen LogP contribution < -0.4 is 14.9 Å². The third kappa shape index (κ3) is 6.36. The van der Waals surface area contributed by atoms with Gasteiger partial charge in [-0.3, -0.25) is 4.79 Å². The number of rotatable bonds is 9. The van der Waals surface area contributed by atoms with Crippen LogP contribution in [0, 0.1) is 0 Å². The van der Waals surface area contributed by atoms with Gasteiger partial charge in [0.15, 0.2) is 6.61 Å². The van der Waals surface area contributed by atoms with Gasteiger partial charge in [-0.15, -0.1) is 0 Å². The molecule has 1 N–H and O–H groups in total. The number of para-hydroxylation sites is 1. The smallest absolute Gasteiger partial charge is 0.277 e. The van der Waals surface area contributed by atoms with E-state index in [9.17, 15) is 4.79 Å². The highest BCUT2D eigenvalue weighted by Crippen LogP contribution is 2.19. The second kappa shape index (κ2) is 11.0. The number of halogens is 1. The molecule has 0 saturated heterocycles. The van der Waals surface area contributed by atoms with Gasteiger partial charge in [0.25, 0.3) is 5.91 Å². The van der Waals surface area contributed by atoms with Gasteiger partial charge < -0.3 is 9.47 Å². The van der Waals surface area contributed by atoms with Crippen LogP contribution in [0.25, 0.3) is 0 Å². The van der Waals surface area contributed by atoms with E-state index >= 15 is 0 Å². The average Bonchev–Trinajstić information content (AvgIpc) is 2.78. The number of carbonyl (C=O) groups excluding carboxylic acids is 1. The molecule has 30 heavy (non-hydrogen) atoms. The Morgan fingerprint density at radius 3 is 2.40 bits per heavy atom. The first-order valence-electron chi connectivity index (χ1n) is 9.64. The van der Waals surface area contributed by atoms with Crippen molar-refractivity contribution in [2.24, 2.45) is 5.10 Å². The number of hydrogen-bond donors (Lipinski definition) is 1. The van der Waals surface area contributed by atoms with Crippen LogP contribution in [0.1, 0.15) is 23.6 Å². The maximum Gasteiger partial charge on any atom is 0.277 e. The van der Waals surface area contributed by atoms with Gasteiger partial charge in [0.2, 0.25) is 0 Å². The van der Waals surface area contributed by atoms with Gasteiger partial charge in [0.05, 0.1) is 6.21 Å². The van der Waals surface area contributed by atoms with Crippen LogP contribution in [0.5, 0.6) is 11.5 Å². The lowest BCUT2D eigenvalue weighted by Gasteiger charge is -2.09. The largest absolute Gasteiger partial charge is 0.489 e. The molecule has 0 radical (unpaired) electrons. The molecule has 3 rings (SSSR count). The molecule has 3 aromatic rings. The van der Waals surface area contributed by atoms with E-state index in [0.29, 0.717) is 17.4 Å². The van der Waals surface area contributed by atoms with E-state index in [1.165, 1.54) is 0 Å². The van der Waals surface area contributed by atoms with E-state index in [1.54, 1.807) is 6.21 Å². The molecule has 0 bridgehead atoms. The quantitative estimate of drug-likeness (QED) is 0.389. The number of hydrogen-bond acceptors (Lipinski definition) is 4.